The van der Waals surface area contributed by atoms with Gasteiger partial charge in [-0.1, -0.05) is 0 Å². The summed E-state index contributed by atoms with van der Waals surface area (Å²) in [5.74, 6) is 0. The minimum atomic E-state index is -0.486. The van der Waals surface area contributed by atoms with E-state index in [1.165, 1.54) is 29.2 Å². The first-order chi connectivity index (χ1) is 9.95. The molecule has 0 aliphatic carbocycles. The highest BCUT2D eigenvalue weighted by molar-refractivity contribution is 5.89. The molecule has 8 nitrogen and oxygen atoms in total. The van der Waals surface area contributed by atoms with Crippen molar-refractivity contribution in [3.8, 4) is 0 Å². The molecule has 0 radical (unpaired) electrons. The van der Waals surface area contributed by atoms with Crippen LogP contribution in [0.4, 0.5) is 16.2 Å². The number of aromatic nitrogens is 2. The third-order valence-corrected chi connectivity index (χ3v) is 2.85. The molecule has 1 aromatic heterocycles. The summed E-state index contributed by atoms with van der Waals surface area (Å²) in [7, 11) is 3.47. The molecule has 0 spiro atoms. The zero-order chi connectivity index (χ0) is 15.4. The maximum Gasteiger partial charge on any atom is 0.321 e. The lowest BCUT2D eigenvalue weighted by Gasteiger charge is -2.17. The molecule has 2 rings (SSSR count). The number of nitrogens with one attached hydrogen (secondary N) is 1. The normalized spacial score (nSPS) is 10.2. The predicted octanol–water partition coefficient (Wildman–Crippen LogP) is 1.99. The van der Waals surface area contributed by atoms with E-state index in [1.807, 2.05) is 6.20 Å². The quantitative estimate of drug-likeness (QED) is 0.688. The molecule has 0 atom stereocenters. The third kappa shape index (κ3) is 3.78. The summed E-state index contributed by atoms with van der Waals surface area (Å²) in [5.41, 5.74) is 1.40. The number of hydrogen-bond acceptors (Lipinski definition) is 4. The Hall–Kier alpha value is -2.90. The van der Waals surface area contributed by atoms with Gasteiger partial charge >= 0.3 is 6.03 Å². The number of amides is 2. The van der Waals surface area contributed by atoms with E-state index < -0.39 is 4.92 Å². The molecule has 0 unspecified atom stereocenters. The Kier molecular flexibility index (Phi) is 4.17. The lowest BCUT2D eigenvalue weighted by Crippen LogP contribution is -2.30. The van der Waals surface area contributed by atoms with E-state index in [9.17, 15) is 14.9 Å². The molecule has 8 heteroatoms. The number of rotatable bonds is 4. The molecule has 1 heterocycles. The van der Waals surface area contributed by atoms with Crippen LogP contribution in [0, 0.1) is 10.1 Å². The van der Waals surface area contributed by atoms with Crippen LogP contribution in [-0.2, 0) is 13.6 Å². The number of carbonyl (C=O) groups is 1. The summed E-state index contributed by atoms with van der Waals surface area (Å²) in [6.07, 6.45) is 3.52. The predicted molar refractivity (Wildman–Crippen MR) is 76.8 cm³/mol. The molecular weight excluding hydrogens is 274 g/mol. The summed E-state index contributed by atoms with van der Waals surface area (Å²) in [6.45, 7) is 0.423. The molecule has 0 aliphatic heterocycles. The Balaban J connectivity index is 1.95. The summed E-state index contributed by atoms with van der Waals surface area (Å²) in [5, 5.41) is 17.3. The van der Waals surface area contributed by atoms with Crippen LogP contribution in [0.25, 0.3) is 0 Å². The van der Waals surface area contributed by atoms with Crippen LogP contribution >= 0.6 is 0 Å². The van der Waals surface area contributed by atoms with Gasteiger partial charge in [0.05, 0.1) is 17.7 Å². The number of aryl methyl sites for hydroxylation is 1. The molecular formula is C13H15N5O3. The molecule has 0 saturated carbocycles. The number of hydrogen-bond donors (Lipinski definition) is 1. The van der Waals surface area contributed by atoms with Crippen LogP contribution in [0.3, 0.4) is 0 Å². The van der Waals surface area contributed by atoms with Crippen molar-refractivity contribution >= 4 is 17.4 Å². The van der Waals surface area contributed by atoms with E-state index >= 15 is 0 Å². The van der Waals surface area contributed by atoms with Crippen molar-refractivity contribution in [2.75, 3.05) is 12.4 Å². The second-order valence-electron chi connectivity index (χ2n) is 4.61. The largest absolute Gasteiger partial charge is 0.323 e. The number of carbonyl (C=O) groups excluding carboxylic acids is 1. The van der Waals surface area contributed by atoms with E-state index in [1.54, 1.807) is 25.0 Å². The van der Waals surface area contributed by atoms with Gasteiger partial charge in [-0.3, -0.25) is 14.8 Å². The maximum absolute atomic E-state index is 12.0. The van der Waals surface area contributed by atoms with E-state index in [0.717, 1.165) is 5.56 Å². The Morgan fingerprint density at radius 2 is 2.10 bits per heavy atom. The second kappa shape index (κ2) is 6.04. The Morgan fingerprint density at radius 1 is 1.43 bits per heavy atom. The summed E-state index contributed by atoms with van der Waals surface area (Å²) in [6, 6.07) is 5.38. The van der Waals surface area contributed by atoms with Crippen molar-refractivity contribution in [1.29, 1.82) is 0 Å². The number of urea groups is 1. The van der Waals surface area contributed by atoms with E-state index in [-0.39, 0.29) is 11.7 Å². The minimum absolute atomic E-state index is 0.0169. The van der Waals surface area contributed by atoms with Crippen LogP contribution in [-0.4, -0.2) is 32.7 Å². The van der Waals surface area contributed by atoms with Gasteiger partial charge < -0.3 is 10.2 Å². The SMILES string of the molecule is CN(Cc1cnn(C)c1)C(=O)Nc1ccc([N+](=O)[O-])cc1. The van der Waals surface area contributed by atoms with Gasteiger partial charge in [-0.2, -0.15) is 5.10 Å². The topological polar surface area (TPSA) is 93.3 Å². The highest BCUT2D eigenvalue weighted by Crippen LogP contribution is 2.15. The van der Waals surface area contributed by atoms with Crippen molar-refractivity contribution in [3.63, 3.8) is 0 Å². The van der Waals surface area contributed by atoms with E-state index in [0.29, 0.717) is 12.2 Å². The average molecular weight is 289 g/mol. The van der Waals surface area contributed by atoms with Crippen LogP contribution < -0.4 is 5.32 Å². The molecule has 1 N–H and O–H groups in total. The monoisotopic (exact) mass is 289 g/mol. The molecule has 0 bridgehead atoms. The van der Waals surface area contributed by atoms with Gasteiger partial charge in [-0.05, 0) is 12.1 Å². The van der Waals surface area contributed by atoms with Crippen molar-refractivity contribution in [3.05, 3.63) is 52.3 Å². The minimum Gasteiger partial charge on any atom is -0.323 e. The summed E-state index contributed by atoms with van der Waals surface area (Å²) >= 11 is 0. The highest BCUT2D eigenvalue weighted by atomic mass is 16.6. The molecule has 21 heavy (non-hydrogen) atoms. The highest BCUT2D eigenvalue weighted by Gasteiger charge is 2.11. The Labute approximate surface area is 121 Å². The molecule has 2 aromatic rings. The molecule has 1 aromatic carbocycles. The number of nitrogens with zero attached hydrogens (tertiary/aromatic N) is 4. The van der Waals surface area contributed by atoms with Gasteiger partial charge in [0.2, 0.25) is 0 Å². The van der Waals surface area contributed by atoms with Crippen LogP contribution in [0.2, 0.25) is 0 Å². The lowest BCUT2D eigenvalue weighted by molar-refractivity contribution is -0.384. The van der Waals surface area contributed by atoms with Gasteiger partial charge in [-0.15, -0.1) is 0 Å². The van der Waals surface area contributed by atoms with Crippen LogP contribution in [0.15, 0.2) is 36.7 Å². The molecule has 0 fully saturated rings. The number of nitro benzene ring substituents is 1. The van der Waals surface area contributed by atoms with E-state index in [4.69, 9.17) is 0 Å². The first-order valence-corrected chi connectivity index (χ1v) is 6.20. The number of anilines is 1. The van der Waals surface area contributed by atoms with Gasteiger partial charge in [-0.25, -0.2) is 4.79 Å². The van der Waals surface area contributed by atoms with Crippen molar-refractivity contribution in [1.82, 2.24) is 14.7 Å². The van der Waals surface area contributed by atoms with Gasteiger partial charge in [0.25, 0.3) is 5.69 Å². The molecule has 0 aliphatic rings. The molecule has 2 amide bonds. The zero-order valence-corrected chi connectivity index (χ0v) is 11.7. The lowest BCUT2D eigenvalue weighted by atomic mass is 10.3. The first kappa shape index (κ1) is 14.5. The van der Waals surface area contributed by atoms with Gasteiger partial charge in [0, 0.05) is 43.7 Å². The molecule has 0 saturated heterocycles. The van der Waals surface area contributed by atoms with E-state index in [2.05, 4.69) is 10.4 Å². The number of benzene rings is 1. The van der Waals surface area contributed by atoms with Crippen molar-refractivity contribution < 1.29 is 9.72 Å². The fourth-order valence-corrected chi connectivity index (χ4v) is 1.78. The van der Waals surface area contributed by atoms with Gasteiger partial charge in [0.15, 0.2) is 0 Å². The smallest absolute Gasteiger partial charge is 0.321 e. The zero-order valence-electron chi connectivity index (χ0n) is 11.7. The fraction of sp³-hybridized carbons (Fsp3) is 0.231. The van der Waals surface area contributed by atoms with Crippen molar-refractivity contribution in [2.24, 2.45) is 7.05 Å². The Bertz CT molecular complexity index is 650. The fourth-order valence-electron chi connectivity index (χ4n) is 1.78. The Morgan fingerprint density at radius 3 is 2.62 bits per heavy atom. The second-order valence-corrected chi connectivity index (χ2v) is 4.61. The first-order valence-electron chi connectivity index (χ1n) is 6.20. The summed E-state index contributed by atoms with van der Waals surface area (Å²) < 4.78 is 1.66. The van der Waals surface area contributed by atoms with Crippen LogP contribution in [0.1, 0.15) is 5.56 Å². The number of nitro groups is 1. The maximum atomic E-state index is 12.0. The third-order valence-electron chi connectivity index (χ3n) is 2.85. The summed E-state index contributed by atoms with van der Waals surface area (Å²) in [4.78, 5) is 23.6. The standard InChI is InChI=1S/C13H15N5O3/c1-16(8-10-7-14-17(2)9-10)13(19)15-11-3-5-12(6-4-11)18(20)21/h3-7,9H,8H2,1-2H3,(H,15,19). The van der Waals surface area contributed by atoms with Crippen LogP contribution in [0.5, 0.6) is 0 Å². The van der Waals surface area contributed by atoms with Crippen molar-refractivity contribution in [2.45, 2.75) is 6.54 Å². The van der Waals surface area contributed by atoms with Gasteiger partial charge in [0.1, 0.15) is 0 Å². The molecule has 110 valence electrons. The number of non-ortho nitro benzene ring substituents is 1. The average Bonchev–Trinajstić information content (AvgIpc) is 2.84.